The summed E-state index contributed by atoms with van der Waals surface area (Å²) >= 11 is 0. The van der Waals surface area contributed by atoms with Crippen LogP contribution < -0.4 is 0 Å². The molecule has 3 nitrogen and oxygen atoms in total. The topological polar surface area (TPSA) is 50.2 Å². The van der Waals surface area contributed by atoms with E-state index < -0.39 is 18.6 Å². The Hall–Kier alpha value is -1.59. The molecule has 1 aromatic heterocycles. The molecule has 6 heteroatoms. The van der Waals surface area contributed by atoms with Gasteiger partial charge >= 0.3 is 12.1 Å². The molecule has 0 radical (unpaired) electrons. The van der Waals surface area contributed by atoms with Crippen LogP contribution in [-0.2, 0) is 6.42 Å². The Kier molecular flexibility index (Phi) is 2.97. The van der Waals surface area contributed by atoms with Crippen molar-refractivity contribution in [2.45, 2.75) is 19.5 Å². The summed E-state index contributed by atoms with van der Waals surface area (Å²) in [6.07, 6.45) is -4.48. The first-order valence-electron chi connectivity index (χ1n) is 4.05. The number of alkyl halides is 3. The van der Waals surface area contributed by atoms with Crippen molar-refractivity contribution >= 4 is 5.97 Å². The first-order valence-corrected chi connectivity index (χ1v) is 4.05. The highest BCUT2D eigenvalue weighted by Crippen LogP contribution is 2.21. The highest BCUT2D eigenvalue weighted by atomic mass is 19.4. The van der Waals surface area contributed by atoms with Crippen molar-refractivity contribution in [3.05, 3.63) is 29.1 Å². The summed E-state index contributed by atoms with van der Waals surface area (Å²) in [4.78, 5) is 14.2. The highest BCUT2D eigenvalue weighted by Gasteiger charge is 2.28. The summed E-state index contributed by atoms with van der Waals surface area (Å²) in [6, 6.07) is 0.998. The maximum absolute atomic E-state index is 12.0. The van der Waals surface area contributed by atoms with E-state index in [9.17, 15) is 18.0 Å². The number of hydrogen-bond acceptors (Lipinski definition) is 2. The molecule has 0 saturated heterocycles. The average molecular weight is 219 g/mol. The second kappa shape index (κ2) is 3.88. The lowest BCUT2D eigenvalue weighted by Gasteiger charge is -2.07. The lowest BCUT2D eigenvalue weighted by molar-refractivity contribution is -0.127. The van der Waals surface area contributed by atoms with Gasteiger partial charge in [0.05, 0.1) is 17.7 Å². The van der Waals surface area contributed by atoms with E-state index in [1.807, 2.05) is 0 Å². The van der Waals surface area contributed by atoms with E-state index in [0.717, 1.165) is 12.3 Å². The molecule has 82 valence electrons. The Labute approximate surface area is 83.6 Å². The molecule has 0 fully saturated rings. The number of aromatic carboxylic acids is 1. The third kappa shape index (κ3) is 3.23. The van der Waals surface area contributed by atoms with Crippen LogP contribution in [0.3, 0.4) is 0 Å². The van der Waals surface area contributed by atoms with E-state index >= 15 is 0 Å². The van der Waals surface area contributed by atoms with Crippen molar-refractivity contribution < 1.29 is 23.1 Å². The number of nitrogens with zero attached hydrogens (tertiary/aromatic N) is 1. The molecule has 15 heavy (non-hydrogen) atoms. The van der Waals surface area contributed by atoms with Crippen molar-refractivity contribution in [3.8, 4) is 0 Å². The molecule has 0 saturated carbocycles. The minimum absolute atomic E-state index is 0.148. The molecule has 1 N–H and O–H groups in total. The van der Waals surface area contributed by atoms with Crippen LogP contribution in [-0.4, -0.2) is 22.2 Å². The summed E-state index contributed by atoms with van der Waals surface area (Å²) < 4.78 is 36.0. The molecular weight excluding hydrogens is 211 g/mol. The largest absolute Gasteiger partial charge is 0.478 e. The minimum Gasteiger partial charge on any atom is -0.478 e. The number of rotatable bonds is 2. The second-order valence-corrected chi connectivity index (χ2v) is 3.07. The zero-order valence-electron chi connectivity index (χ0n) is 7.80. The van der Waals surface area contributed by atoms with E-state index in [2.05, 4.69) is 4.98 Å². The van der Waals surface area contributed by atoms with Crippen LogP contribution in [0.4, 0.5) is 13.2 Å². The quantitative estimate of drug-likeness (QED) is 0.829. The number of pyridine rings is 1. The Balaban J connectivity index is 3.03. The molecule has 0 aliphatic carbocycles. The SMILES string of the molecule is Cc1ncc(CC(F)(F)F)cc1C(=O)O. The second-order valence-electron chi connectivity index (χ2n) is 3.07. The zero-order valence-corrected chi connectivity index (χ0v) is 7.80. The maximum atomic E-state index is 12.0. The van der Waals surface area contributed by atoms with Crippen LogP contribution in [0.15, 0.2) is 12.3 Å². The van der Waals surface area contributed by atoms with Crippen molar-refractivity contribution in [2.75, 3.05) is 0 Å². The van der Waals surface area contributed by atoms with Gasteiger partial charge in [0.15, 0.2) is 0 Å². The molecule has 1 heterocycles. The number of hydrogen-bond donors (Lipinski definition) is 1. The number of carboxylic acid groups (broad SMARTS) is 1. The smallest absolute Gasteiger partial charge is 0.393 e. The highest BCUT2D eigenvalue weighted by molar-refractivity contribution is 5.88. The number of carboxylic acids is 1. The third-order valence-corrected chi connectivity index (χ3v) is 1.78. The number of aryl methyl sites for hydroxylation is 1. The van der Waals surface area contributed by atoms with Crippen LogP contribution in [0.2, 0.25) is 0 Å². The summed E-state index contributed by atoms with van der Waals surface area (Å²) in [7, 11) is 0. The number of carbonyl (C=O) groups is 1. The molecular formula is C9H8F3NO2. The van der Waals surface area contributed by atoms with Gasteiger partial charge in [0.1, 0.15) is 0 Å². The van der Waals surface area contributed by atoms with Gasteiger partial charge in [0.25, 0.3) is 0 Å². The van der Waals surface area contributed by atoms with Crippen LogP contribution in [0.5, 0.6) is 0 Å². The lowest BCUT2D eigenvalue weighted by atomic mass is 10.1. The first-order chi connectivity index (χ1) is 6.79. The fourth-order valence-corrected chi connectivity index (χ4v) is 1.12. The van der Waals surface area contributed by atoms with E-state index in [4.69, 9.17) is 5.11 Å². The molecule has 1 aromatic rings. The molecule has 0 aliphatic rings. The van der Waals surface area contributed by atoms with Crippen molar-refractivity contribution in [2.24, 2.45) is 0 Å². The Morgan fingerprint density at radius 3 is 2.60 bits per heavy atom. The normalized spacial score (nSPS) is 11.5. The van der Waals surface area contributed by atoms with Crippen LogP contribution in [0, 0.1) is 6.92 Å². The van der Waals surface area contributed by atoms with Gasteiger partial charge in [-0.2, -0.15) is 13.2 Å². The van der Waals surface area contributed by atoms with Crippen LogP contribution in [0.1, 0.15) is 21.6 Å². The summed E-state index contributed by atoms with van der Waals surface area (Å²) in [5.41, 5.74) is -0.143. The maximum Gasteiger partial charge on any atom is 0.393 e. The Bertz CT molecular complexity index is 387. The van der Waals surface area contributed by atoms with Crippen molar-refractivity contribution in [1.29, 1.82) is 0 Å². The molecule has 0 amide bonds. The monoisotopic (exact) mass is 219 g/mol. The van der Waals surface area contributed by atoms with Gasteiger partial charge in [-0.15, -0.1) is 0 Å². The number of halogens is 3. The molecule has 0 spiro atoms. The molecule has 0 atom stereocenters. The fraction of sp³-hybridized carbons (Fsp3) is 0.333. The Morgan fingerprint density at radius 2 is 2.13 bits per heavy atom. The molecule has 0 aliphatic heterocycles. The van der Waals surface area contributed by atoms with Gasteiger partial charge in [0.2, 0.25) is 0 Å². The molecule has 0 aromatic carbocycles. The summed E-state index contributed by atoms with van der Waals surface area (Å²) in [5, 5.41) is 8.67. The average Bonchev–Trinajstić information content (AvgIpc) is 2.05. The Morgan fingerprint density at radius 1 is 1.53 bits per heavy atom. The summed E-state index contributed by atoms with van der Waals surface area (Å²) in [6.45, 7) is 1.43. The van der Waals surface area contributed by atoms with Crippen LogP contribution >= 0.6 is 0 Å². The molecule has 0 bridgehead atoms. The van der Waals surface area contributed by atoms with Gasteiger partial charge in [-0.05, 0) is 18.6 Å². The van der Waals surface area contributed by atoms with Gasteiger partial charge < -0.3 is 5.11 Å². The fourth-order valence-electron chi connectivity index (χ4n) is 1.12. The van der Waals surface area contributed by atoms with E-state index in [1.54, 1.807) is 0 Å². The van der Waals surface area contributed by atoms with E-state index in [1.165, 1.54) is 6.92 Å². The number of aromatic nitrogens is 1. The predicted octanol–water partition coefficient (Wildman–Crippen LogP) is 2.19. The minimum atomic E-state index is -4.35. The van der Waals surface area contributed by atoms with Gasteiger partial charge in [0, 0.05) is 6.20 Å². The predicted molar refractivity (Wildman–Crippen MR) is 45.7 cm³/mol. The summed E-state index contributed by atoms with van der Waals surface area (Å²) in [5.74, 6) is -1.27. The van der Waals surface area contributed by atoms with Crippen molar-refractivity contribution in [1.82, 2.24) is 4.98 Å². The first kappa shape index (κ1) is 11.5. The van der Waals surface area contributed by atoms with Crippen LogP contribution in [0.25, 0.3) is 0 Å². The van der Waals surface area contributed by atoms with Gasteiger partial charge in [-0.1, -0.05) is 0 Å². The van der Waals surface area contributed by atoms with Gasteiger partial charge in [-0.3, -0.25) is 4.98 Å². The standard InChI is InChI=1S/C9H8F3NO2/c1-5-7(8(14)15)2-6(4-13-5)3-9(10,11)12/h2,4H,3H2,1H3,(H,14,15). The molecule has 1 rings (SSSR count). The zero-order chi connectivity index (χ0) is 11.6. The third-order valence-electron chi connectivity index (χ3n) is 1.78. The molecule has 0 unspecified atom stereocenters. The lowest BCUT2D eigenvalue weighted by Crippen LogP contribution is -2.13. The van der Waals surface area contributed by atoms with E-state index in [0.29, 0.717) is 0 Å². The van der Waals surface area contributed by atoms with Crippen molar-refractivity contribution in [3.63, 3.8) is 0 Å². The van der Waals surface area contributed by atoms with Gasteiger partial charge in [-0.25, -0.2) is 4.79 Å². The van der Waals surface area contributed by atoms with E-state index in [-0.39, 0.29) is 16.8 Å².